The van der Waals surface area contributed by atoms with E-state index in [1.54, 1.807) is 0 Å². The summed E-state index contributed by atoms with van der Waals surface area (Å²) in [6, 6.07) is 0. The molecule has 0 atom stereocenters. The summed E-state index contributed by atoms with van der Waals surface area (Å²) in [5.74, 6) is 0.581. The standard InChI is InChI=1S/C8H13Cl/c1-6(2)8(5-9)7(3)4/h1,5H2,2-4H3. The molecule has 0 spiro atoms. The normalized spacial score (nSPS) is 8.89. The average molecular weight is 145 g/mol. The van der Waals surface area contributed by atoms with Gasteiger partial charge in [-0.2, -0.15) is 0 Å². The molecule has 0 aliphatic carbocycles. The van der Waals surface area contributed by atoms with Gasteiger partial charge in [-0.05, 0) is 26.3 Å². The molecule has 0 N–H and O–H groups in total. The molecule has 0 aromatic heterocycles. The van der Waals surface area contributed by atoms with Crippen molar-refractivity contribution in [2.45, 2.75) is 20.8 Å². The Labute approximate surface area is 62.2 Å². The number of halogens is 1. The molecule has 0 amide bonds. The van der Waals surface area contributed by atoms with Crippen molar-refractivity contribution in [2.24, 2.45) is 0 Å². The summed E-state index contributed by atoms with van der Waals surface area (Å²) in [5, 5.41) is 0. The van der Waals surface area contributed by atoms with Crippen LogP contribution in [0.5, 0.6) is 0 Å². The quantitative estimate of drug-likeness (QED) is 0.413. The van der Waals surface area contributed by atoms with Crippen LogP contribution in [0.4, 0.5) is 0 Å². The summed E-state index contributed by atoms with van der Waals surface area (Å²) in [5.41, 5.74) is 3.51. The van der Waals surface area contributed by atoms with Gasteiger partial charge in [0.05, 0.1) is 0 Å². The van der Waals surface area contributed by atoms with Crippen molar-refractivity contribution in [2.75, 3.05) is 5.88 Å². The van der Waals surface area contributed by atoms with E-state index >= 15 is 0 Å². The van der Waals surface area contributed by atoms with Gasteiger partial charge >= 0.3 is 0 Å². The zero-order valence-corrected chi connectivity index (χ0v) is 7.05. The van der Waals surface area contributed by atoms with Crippen LogP contribution in [-0.2, 0) is 0 Å². The Morgan fingerprint density at radius 3 is 1.78 bits per heavy atom. The van der Waals surface area contributed by atoms with Crippen molar-refractivity contribution in [3.05, 3.63) is 23.3 Å². The minimum Gasteiger partial charge on any atom is -0.122 e. The second-order valence-electron chi connectivity index (χ2n) is 2.39. The van der Waals surface area contributed by atoms with Gasteiger partial charge in [-0.1, -0.05) is 17.7 Å². The third kappa shape index (κ3) is 2.71. The van der Waals surface area contributed by atoms with Crippen LogP contribution in [0.2, 0.25) is 0 Å². The first-order valence-corrected chi connectivity index (χ1v) is 3.51. The van der Waals surface area contributed by atoms with E-state index in [1.165, 1.54) is 11.1 Å². The topological polar surface area (TPSA) is 0 Å². The summed E-state index contributed by atoms with van der Waals surface area (Å²) in [4.78, 5) is 0. The molecule has 0 nitrogen and oxygen atoms in total. The molecule has 0 heterocycles. The number of alkyl halides is 1. The SMILES string of the molecule is C=C(C)C(CCl)=C(C)C. The lowest BCUT2D eigenvalue weighted by atomic mass is 10.1. The van der Waals surface area contributed by atoms with Crippen molar-refractivity contribution < 1.29 is 0 Å². The Morgan fingerprint density at radius 2 is 1.78 bits per heavy atom. The molecule has 0 bridgehead atoms. The second kappa shape index (κ2) is 3.73. The van der Waals surface area contributed by atoms with E-state index in [0.29, 0.717) is 5.88 Å². The predicted molar refractivity (Wildman–Crippen MR) is 43.9 cm³/mol. The monoisotopic (exact) mass is 144 g/mol. The highest BCUT2D eigenvalue weighted by atomic mass is 35.5. The lowest BCUT2D eigenvalue weighted by Crippen LogP contribution is -1.88. The molecule has 0 radical (unpaired) electrons. The van der Waals surface area contributed by atoms with E-state index in [-0.39, 0.29) is 0 Å². The first-order valence-electron chi connectivity index (χ1n) is 2.97. The molecule has 0 unspecified atom stereocenters. The lowest BCUT2D eigenvalue weighted by Gasteiger charge is -2.03. The summed E-state index contributed by atoms with van der Waals surface area (Å²) < 4.78 is 0. The molecule has 0 aliphatic rings. The molecule has 0 fully saturated rings. The van der Waals surface area contributed by atoms with Crippen molar-refractivity contribution in [3.63, 3.8) is 0 Å². The predicted octanol–water partition coefficient (Wildman–Crippen LogP) is 3.14. The van der Waals surface area contributed by atoms with Gasteiger partial charge < -0.3 is 0 Å². The van der Waals surface area contributed by atoms with E-state index in [4.69, 9.17) is 11.6 Å². The van der Waals surface area contributed by atoms with Gasteiger partial charge in [-0.25, -0.2) is 0 Å². The maximum Gasteiger partial charge on any atom is 0.0475 e. The largest absolute Gasteiger partial charge is 0.122 e. The molecule has 0 aromatic rings. The fraction of sp³-hybridized carbons (Fsp3) is 0.500. The number of rotatable bonds is 2. The van der Waals surface area contributed by atoms with Gasteiger partial charge in [-0.3, -0.25) is 0 Å². The Kier molecular flexibility index (Phi) is 3.64. The maximum absolute atomic E-state index is 5.64. The summed E-state index contributed by atoms with van der Waals surface area (Å²) >= 11 is 5.64. The molecule has 1 heteroatoms. The number of allylic oxidation sites excluding steroid dienone is 3. The third-order valence-electron chi connectivity index (χ3n) is 1.25. The summed E-state index contributed by atoms with van der Waals surface area (Å²) in [6.07, 6.45) is 0. The van der Waals surface area contributed by atoms with E-state index in [9.17, 15) is 0 Å². The van der Waals surface area contributed by atoms with Crippen LogP contribution in [-0.4, -0.2) is 5.88 Å². The molecular weight excluding hydrogens is 132 g/mol. The molecule has 0 aliphatic heterocycles. The van der Waals surface area contributed by atoms with Crippen molar-refractivity contribution in [3.8, 4) is 0 Å². The van der Waals surface area contributed by atoms with Gasteiger partial charge in [0.15, 0.2) is 0 Å². The highest BCUT2D eigenvalue weighted by molar-refractivity contribution is 6.19. The minimum absolute atomic E-state index is 0.581. The zero-order chi connectivity index (χ0) is 7.44. The Balaban J connectivity index is 4.35. The zero-order valence-electron chi connectivity index (χ0n) is 6.29. The van der Waals surface area contributed by atoms with Crippen LogP contribution >= 0.6 is 11.6 Å². The highest BCUT2D eigenvalue weighted by Crippen LogP contribution is 2.13. The smallest absolute Gasteiger partial charge is 0.0475 e. The molecule has 9 heavy (non-hydrogen) atoms. The molecule has 0 aromatic carbocycles. The fourth-order valence-electron chi connectivity index (χ4n) is 0.674. The van der Waals surface area contributed by atoms with E-state index in [2.05, 4.69) is 6.58 Å². The minimum atomic E-state index is 0.581. The average Bonchev–Trinajstić information content (AvgIpc) is 1.64. The molecule has 0 saturated carbocycles. The van der Waals surface area contributed by atoms with Crippen LogP contribution < -0.4 is 0 Å². The maximum atomic E-state index is 5.64. The lowest BCUT2D eigenvalue weighted by molar-refractivity contribution is 1.24. The number of hydrogen-bond donors (Lipinski definition) is 0. The van der Waals surface area contributed by atoms with Crippen LogP contribution in [0.25, 0.3) is 0 Å². The third-order valence-corrected chi connectivity index (χ3v) is 1.52. The number of hydrogen-bond acceptors (Lipinski definition) is 0. The van der Waals surface area contributed by atoms with Crippen LogP contribution in [0.1, 0.15) is 20.8 Å². The highest BCUT2D eigenvalue weighted by Gasteiger charge is 1.96. The summed E-state index contributed by atoms with van der Waals surface area (Å²) in [7, 11) is 0. The van der Waals surface area contributed by atoms with Crippen LogP contribution in [0.3, 0.4) is 0 Å². The Bertz CT molecular complexity index is 139. The van der Waals surface area contributed by atoms with E-state index in [1.807, 2.05) is 20.8 Å². The van der Waals surface area contributed by atoms with Gasteiger partial charge in [0, 0.05) is 5.88 Å². The second-order valence-corrected chi connectivity index (χ2v) is 2.66. The van der Waals surface area contributed by atoms with Crippen LogP contribution in [0.15, 0.2) is 23.3 Å². The Hall–Kier alpha value is -0.230. The van der Waals surface area contributed by atoms with Crippen molar-refractivity contribution in [1.29, 1.82) is 0 Å². The molecular formula is C8H13Cl. The van der Waals surface area contributed by atoms with Crippen LogP contribution in [0, 0.1) is 0 Å². The molecule has 0 rings (SSSR count). The first-order chi connectivity index (χ1) is 4.09. The van der Waals surface area contributed by atoms with Gasteiger partial charge in [0.25, 0.3) is 0 Å². The van der Waals surface area contributed by atoms with E-state index in [0.717, 1.165) is 5.57 Å². The van der Waals surface area contributed by atoms with Gasteiger partial charge in [0.2, 0.25) is 0 Å². The van der Waals surface area contributed by atoms with E-state index < -0.39 is 0 Å². The van der Waals surface area contributed by atoms with Gasteiger partial charge in [0.1, 0.15) is 0 Å². The fourth-order valence-corrected chi connectivity index (χ4v) is 1.17. The molecule has 52 valence electrons. The molecule has 0 saturated heterocycles. The Morgan fingerprint density at radius 1 is 1.33 bits per heavy atom. The van der Waals surface area contributed by atoms with Crippen molar-refractivity contribution >= 4 is 11.6 Å². The summed E-state index contributed by atoms with van der Waals surface area (Å²) in [6.45, 7) is 9.88. The van der Waals surface area contributed by atoms with Gasteiger partial charge in [-0.15, -0.1) is 11.6 Å². The first kappa shape index (κ1) is 8.77. The van der Waals surface area contributed by atoms with Crippen molar-refractivity contribution in [1.82, 2.24) is 0 Å².